The van der Waals surface area contributed by atoms with Crippen molar-refractivity contribution in [3.05, 3.63) is 60.2 Å². The van der Waals surface area contributed by atoms with Crippen LogP contribution in [0.4, 0.5) is 5.13 Å². The number of aromatic nitrogens is 3. The molecule has 3 aromatic heterocycles. The van der Waals surface area contributed by atoms with Gasteiger partial charge in [0.25, 0.3) is 5.91 Å². The summed E-state index contributed by atoms with van der Waals surface area (Å²) in [5.41, 5.74) is 2.21. The Bertz CT molecular complexity index is 756. The molecule has 0 spiro atoms. The minimum atomic E-state index is -0.218. The molecule has 0 aliphatic carbocycles. The highest BCUT2D eigenvalue weighted by Crippen LogP contribution is 2.31. The highest BCUT2D eigenvalue weighted by molar-refractivity contribution is 7.19. The van der Waals surface area contributed by atoms with Crippen LogP contribution in [0.5, 0.6) is 0 Å². The van der Waals surface area contributed by atoms with Gasteiger partial charge in [-0.1, -0.05) is 17.4 Å². The Morgan fingerprint density at radius 2 is 2.10 bits per heavy atom. The number of aryl methyl sites for hydroxylation is 1. The van der Waals surface area contributed by atoms with Gasteiger partial charge in [-0.05, 0) is 31.2 Å². The van der Waals surface area contributed by atoms with Gasteiger partial charge in [0.2, 0.25) is 0 Å². The molecule has 3 rings (SSSR count). The molecule has 0 radical (unpaired) electrons. The quantitative estimate of drug-likeness (QED) is 0.806. The third kappa shape index (κ3) is 2.95. The third-order valence-corrected chi connectivity index (χ3v) is 3.93. The van der Waals surface area contributed by atoms with E-state index in [1.165, 1.54) is 17.5 Å². The predicted molar refractivity (Wildman–Crippen MR) is 82.3 cm³/mol. The fraction of sp³-hybridized carbons (Fsp3) is 0.0667. The molecule has 0 saturated heterocycles. The maximum atomic E-state index is 12.1. The molecule has 104 valence electrons. The first kappa shape index (κ1) is 13.4. The van der Waals surface area contributed by atoms with E-state index >= 15 is 0 Å². The largest absolute Gasteiger partial charge is 0.298 e. The molecule has 0 bridgehead atoms. The average Bonchev–Trinajstić information content (AvgIpc) is 2.89. The fourth-order valence-electron chi connectivity index (χ4n) is 1.85. The Labute approximate surface area is 125 Å². The second-order valence-corrected chi connectivity index (χ2v) is 5.34. The van der Waals surface area contributed by atoms with E-state index in [0.29, 0.717) is 10.7 Å². The molecule has 0 unspecified atom stereocenters. The summed E-state index contributed by atoms with van der Waals surface area (Å²) < 4.78 is 0. The van der Waals surface area contributed by atoms with Crippen molar-refractivity contribution in [2.75, 3.05) is 5.32 Å². The summed E-state index contributed by atoms with van der Waals surface area (Å²) in [4.78, 5) is 25.6. The molecule has 0 atom stereocenters. The molecular weight excluding hydrogens is 284 g/mol. The van der Waals surface area contributed by atoms with Crippen molar-refractivity contribution in [3.63, 3.8) is 0 Å². The number of hydrogen-bond acceptors (Lipinski definition) is 5. The maximum absolute atomic E-state index is 12.1. The molecule has 1 N–H and O–H groups in total. The van der Waals surface area contributed by atoms with Gasteiger partial charge in [0.15, 0.2) is 5.13 Å². The summed E-state index contributed by atoms with van der Waals surface area (Å²) in [5, 5.41) is 3.35. The van der Waals surface area contributed by atoms with Gasteiger partial charge in [0.1, 0.15) is 0 Å². The molecule has 21 heavy (non-hydrogen) atoms. The zero-order valence-electron chi connectivity index (χ0n) is 11.3. The van der Waals surface area contributed by atoms with E-state index in [1.807, 2.05) is 25.1 Å². The van der Waals surface area contributed by atoms with Gasteiger partial charge in [0.05, 0.1) is 21.8 Å². The molecule has 6 heteroatoms. The number of carbonyl (C=O) groups excluding carboxylic acids is 1. The Balaban J connectivity index is 1.84. The molecule has 0 aliphatic heterocycles. The molecule has 1 amide bonds. The Morgan fingerprint density at radius 3 is 2.81 bits per heavy atom. The van der Waals surface area contributed by atoms with Gasteiger partial charge in [-0.25, -0.2) is 4.98 Å². The highest BCUT2D eigenvalue weighted by Gasteiger charge is 2.13. The monoisotopic (exact) mass is 296 g/mol. The second kappa shape index (κ2) is 5.80. The van der Waals surface area contributed by atoms with E-state index in [4.69, 9.17) is 0 Å². The molecule has 3 aromatic rings. The number of hydrogen-bond donors (Lipinski definition) is 1. The Kier molecular flexibility index (Phi) is 3.70. The van der Waals surface area contributed by atoms with Crippen LogP contribution in [-0.2, 0) is 0 Å². The molecule has 0 saturated carbocycles. The number of nitrogens with one attached hydrogen (secondary N) is 1. The lowest BCUT2D eigenvalue weighted by atomic mass is 10.3. The minimum Gasteiger partial charge on any atom is -0.298 e. The molecule has 0 aliphatic rings. The lowest BCUT2D eigenvalue weighted by Crippen LogP contribution is -2.11. The lowest BCUT2D eigenvalue weighted by Gasteiger charge is -2.00. The number of pyridine rings is 2. The van der Waals surface area contributed by atoms with E-state index in [1.54, 1.807) is 24.5 Å². The van der Waals surface area contributed by atoms with Crippen molar-refractivity contribution in [2.45, 2.75) is 6.92 Å². The van der Waals surface area contributed by atoms with Gasteiger partial charge in [0, 0.05) is 18.6 Å². The van der Waals surface area contributed by atoms with Crippen molar-refractivity contribution < 1.29 is 4.79 Å². The number of rotatable bonds is 3. The van der Waals surface area contributed by atoms with Crippen LogP contribution >= 0.6 is 11.3 Å². The van der Waals surface area contributed by atoms with E-state index in [-0.39, 0.29) is 5.91 Å². The standard InChI is InChI=1S/C15H12N4OS/c1-10-13(12-6-2-3-8-17-12)21-15(18-10)19-14(20)11-5-4-7-16-9-11/h2-9H,1H3,(H,18,19,20). The van der Waals surface area contributed by atoms with Gasteiger partial charge < -0.3 is 0 Å². The lowest BCUT2D eigenvalue weighted by molar-refractivity contribution is 0.102. The topological polar surface area (TPSA) is 67.8 Å². The summed E-state index contributed by atoms with van der Waals surface area (Å²) in [6.45, 7) is 1.90. The number of nitrogens with zero attached hydrogens (tertiary/aromatic N) is 3. The van der Waals surface area contributed by atoms with Crippen LogP contribution in [0.2, 0.25) is 0 Å². The van der Waals surface area contributed by atoms with Crippen LogP contribution in [0, 0.1) is 6.92 Å². The summed E-state index contributed by atoms with van der Waals surface area (Å²) in [6.07, 6.45) is 4.89. The summed E-state index contributed by atoms with van der Waals surface area (Å²) in [5.74, 6) is -0.218. The van der Waals surface area contributed by atoms with Crippen LogP contribution < -0.4 is 5.32 Å². The summed E-state index contributed by atoms with van der Waals surface area (Å²) in [7, 11) is 0. The fourth-order valence-corrected chi connectivity index (χ4v) is 2.79. The van der Waals surface area contributed by atoms with Gasteiger partial charge in [-0.3, -0.25) is 20.1 Å². The van der Waals surface area contributed by atoms with Crippen LogP contribution in [-0.4, -0.2) is 20.9 Å². The number of thiazole rings is 1. The van der Waals surface area contributed by atoms with Crippen molar-refractivity contribution in [1.29, 1.82) is 0 Å². The van der Waals surface area contributed by atoms with E-state index < -0.39 is 0 Å². The second-order valence-electron chi connectivity index (χ2n) is 4.34. The Hall–Kier alpha value is -2.60. The van der Waals surface area contributed by atoms with Crippen LogP contribution in [0.15, 0.2) is 48.9 Å². The molecule has 0 aromatic carbocycles. The normalized spacial score (nSPS) is 10.3. The summed E-state index contributed by atoms with van der Waals surface area (Å²) >= 11 is 1.41. The van der Waals surface area contributed by atoms with Crippen LogP contribution in [0.25, 0.3) is 10.6 Å². The smallest absolute Gasteiger partial charge is 0.259 e. The highest BCUT2D eigenvalue weighted by atomic mass is 32.1. The van der Waals surface area contributed by atoms with Crippen LogP contribution in [0.3, 0.4) is 0 Å². The number of amides is 1. The zero-order chi connectivity index (χ0) is 14.7. The summed E-state index contributed by atoms with van der Waals surface area (Å²) in [6, 6.07) is 9.15. The molecule has 0 fully saturated rings. The van der Waals surface area contributed by atoms with E-state index in [9.17, 15) is 4.79 Å². The van der Waals surface area contributed by atoms with Crippen molar-refractivity contribution >= 4 is 22.4 Å². The van der Waals surface area contributed by atoms with E-state index in [0.717, 1.165) is 16.3 Å². The van der Waals surface area contributed by atoms with Gasteiger partial charge in [-0.15, -0.1) is 0 Å². The minimum absolute atomic E-state index is 0.218. The zero-order valence-corrected chi connectivity index (χ0v) is 12.1. The SMILES string of the molecule is Cc1nc(NC(=O)c2cccnc2)sc1-c1ccccn1. The molecular formula is C15H12N4OS. The maximum Gasteiger partial charge on any atom is 0.259 e. The third-order valence-electron chi connectivity index (χ3n) is 2.84. The van der Waals surface area contributed by atoms with Gasteiger partial charge >= 0.3 is 0 Å². The average molecular weight is 296 g/mol. The number of carbonyl (C=O) groups is 1. The first-order valence-corrected chi connectivity index (χ1v) is 7.16. The van der Waals surface area contributed by atoms with E-state index in [2.05, 4.69) is 20.3 Å². The van der Waals surface area contributed by atoms with Crippen molar-refractivity contribution in [1.82, 2.24) is 15.0 Å². The first-order chi connectivity index (χ1) is 10.2. The Morgan fingerprint density at radius 1 is 1.19 bits per heavy atom. The first-order valence-electron chi connectivity index (χ1n) is 6.34. The molecule has 3 heterocycles. The van der Waals surface area contributed by atoms with Crippen LogP contribution in [0.1, 0.15) is 16.1 Å². The van der Waals surface area contributed by atoms with Crippen molar-refractivity contribution in [3.8, 4) is 10.6 Å². The molecule has 5 nitrogen and oxygen atoms in total. The number of anilines is 1. The van der Waals surface area contributed by atoms with Gasteiger partial charge in [-0.2, -0.15) is 0 Å². The van der Waals surface area contributed by atoms with Crippen molar-refractivity contribution in [2.24, 2.45) is 0 Å². The predicted octanol–water partition coefficient (Wildman–Crippen LogP) is 3.16.